The molecule has 2 heterocycles. The summed E-state index contributed by atoms with van der Waals surface area (Å²) in [6.07, 6.45) is -0.577. The van der Waals surface area contributed by atoms with Crippen LogP contribution in [0, 0.1) is 11.8 Å². The minimum absolute atomic E-state index is 0.224. The third-order valence-electron chi connectivity index (χ3n) is 6.70. The molecule has 0 unspecified atom stereocenters. The lowest BCUT2D eigenvalue weighted by molar-refractivity contribution is -0.140. The van der Waals surface area contributed by atoms with Gasteiger partial charge in [-0.15, -0.1) is 11.8 Å². The zero-order valence-electron chi connectivity index (χ0n) is 22.7. The van der Waals surface area contributed by atoms with Crippen molar-refractivity contribution < 1.29 is 17.9 Å². The molecule has 1 saturated heterocycles. The van der Waals surface area contributed by atoms with Gasteiger partial charge in [-0.1, -0.05) is 18.6 Å². The van der Waals surface area contributed by atoms with Gasteiger partial charge in [0.2, 0.25) is 0 Å². The fraction of sp³-hybridized carbons (Fsp3) is 0.379. The Morgan fingerprint density at radius 2 is 1.95 bits per heavy atom. The second-order valence-electron chi connectivity index (χ2n) is 9.67. The molecule has 7 nitrogen and oxygen atoms in total. The third-order valence-corrected chi connectivity index (χ3v) is 7.43. The fourth-order valence-corrected chi connectivity index (χ4v) is 5.20. The van der Waals surface area contributed by atoms with E-state index >= 15 is 0 Å². The Kier molecular flexibility index (Phi) is 9.79. The molecule has 1 fully saturated rings. The Labute approximate surface area is 237 Å². The van der Waals surface area contributed by atoms with Gasteiger partial charge in [0.25, 0.3) is 0 Å². The molecule has 2 aromatic carbocycles. The minimum atomic E-state index is -4.39. The molecule has 0 amide bonds. The van der Waals surface area contributed by atoms with E-state index in [9.17, 15) is 13.2 Å². The monoisotopic (exact) mass is 572 g/mol. The van der Waals surface area contributed by atoms with Crippen LogP contribution in [0.1, 0.15) is 18.5 Å². The largest absolute Gasteiger partial charge is 0.495 e. The Morgan fingerprint density at radius 1 is 1.18 bits per heavy atom. The number of nitrogens with zero attached hydrogens (tertiary/aromatic N) is 2. The minimum Gasteiger partial charge on any atom is -0.495 e. The predicted octanol–water partition coefficient (Wildman–Crippen LogP) is 5.25. The highest BCUT2D eigenvalue weighted by Crippen LogP contribution is 2.31. The van der Waals surface area contributed by atoms with Crippen molar-refractivity contribution in [3.63, 3.8) is 0 Å². The number of aromatic nitrogens is 1. The summed E-state index contributed by atoms with van der Waals surface area (Å²) in [4.78, 5) is 3.32. The van der Waals surface area contributed by atoms with E-state index in [2.05, 4.69) is 39.5 Å². The highest BCUT2D eigenvalue weighted by Gasteiger charge is 2.30. The number of rotatable bonds is 10. The van der Waals surface area contributed by atoms with Gasteiger partial charge in [0.15, 0.2) is 0 Å². The first-order valence-electron chi connectivity index (χ1n) is 13.0. The summed E-state index contributed by atoms with van der Waals surface area (Å²) < 4.78 is 47.3. The molecule has 0 radical (unpaired) electrons. The third kappa shape index (κ3) is 7.81. The average Bonchev–Trinajstić information content (AvgIpc) is 3.26. The number of methoxy groups -OCH3 is 1. The van der Waals surface area contributed by atoms with E-state index < -0.39 is 12.7 Å². The van der Waals surface area contributed by atoms with E-state index in [1.54, 1.807) is 37.1 Å². The summed E-state index contributed by atoms with van der Waals surface area (Å²) in [5.41, 5.74) is 15.2. The molecular weight excluding hydrogens is 537 g/mol. The number of halogens is 3. The van der Waals surface area contributed by atoms with Crippen molar-refractivity contribution in [2.24, 2.45) is 5.73 Å². The second-order valence-corrected chi connectivity index (χ2v) is 10.5. The first kappa shape index (κ1) is 29.5. The number of likely N-dealkylation sites (tertiary alicyclic amines) is 1. The van der Waals surface area contributed by atoms with Crippen LogP contribution in [0.3, 0.4) is 0 Å². The van der Waals surface area contributed by atoms with E-state index in [0.717, 1.165) is 36.5 Å². The lowest BCUT2D eigenvalue weighted by Gasteiger charge is -2.32. The summed E-state index contributed by atoms with van der Waals surface area (Å²) in [7, 11) is 1.59. The maximum Gasteiger partial charge on any atom is 0.406 e. The number of alkyl halides is 3. The maximum atomic E-state index is 13.5. The van der Waals surface area contributed by atoms with Crippen molar-refractivity contribution in [2.75, 3.05) is 50.3 Å². The first-order valence-corrected chi connectivity index (χ1v) is 14.2. The summed E-state index contributed by atoms with van der Waals surface area (Å²) in [6.45, 7) is 5.36. The van der Waals surface area contributed by atoms with Gasteiger partial charge in [0, 0.05) is 41.7 Å². The molecule has 0 spiro atoms. The summed E-state index contributed by atoms with van der Waals surface area (Å²) in [5.74, 6) is 6.59. The number of nitrogens with two attached hydrogens (primary N) is 1. The van der Waals surface area contributed by atoms with Crippen molar-refractivity contribution in [3.8, 4) is 17.6 Å². The Morgan fingerprint density at radius 3 is 2.62 bits per heavy atom. The van der Waals surface area contributed by atoms with Gasteiger partial charge in [0.05, 0.1) is 36.2 Å². The van der Waals surface area contributed by atoms with Crippen molar-refractivity contribution in [1.29, 1.82) is 0 Å². The van der Waals surface area contributed by atoms with Gasteiger partial charge >= 0.3 is 6.18 Å². The standard InChI is InChI=1S/C29H35F3N6OS/c1-20(33)18-37-14-11-21(12-15-37)35-36-25-7-4-8-27-24(25)16-22(38(27)19-29(30,31)32)6-5-13-34-26-10-9-23(40-3)17-28(26)39-2/h4,7-10,16-17,21,34-36H,1,11-15,18-19,33H2,2-3H3. The topological polar surface area (TPSA) is 79.5 Å². The quantitative estimate of drug-likeness (QED) is 0.150. The summed E-state index contributed by atoms with van der Waals surface area (Å²) in [6, 6.07) is 13.0. The van der Waals surface area contributed by atoms with Crippen LogP contribution >= 0.6 is 11.8 Å². The van der Waals surface area contributed by atoms with Crippen LogP contribution in [0.5, 0.6) is 5.75 Å². The normalized spacial score (nSPS) is 14.5. The predicted molar refractivity (Wildman–Crippen MR) is 158 cm³/mol. The first-order chi connectivity index (χ1) is 19.2. The number of ether oxygens (including phenoxy) is 1. The van der Waals surface area contributed by atoms with E-state index in [1.807, 2.05) is 30.5 Å². The number of anilines is 2. The summed E-state index contributed by atoms with van der Waals surface area (Å²) >= 11 is 1.61. The molecule has 1 aliphatic rings. The highest BCUT2D eigenvalue weighted by atomic mass is 32.2. The summed E-state index contributed by atoms with van der Waals surface area (Å²) in [5, 5.41) is 3.86. The maximum absolute atomic E-state index is 13.5. The van der Waals surface area contributed by atoms with Crippen LogP contribution in [-0.2, 0) is 6.54 Å². The zero-order chi connectivity index (χ0) is 28.7. The molecule has 0 bridgehead atoms. The van der Waals surface area contributed by atoms with Crippen LogP contribution in [0.4, 0.5) is 24.5 Å². The van der Waals surface area contributed by atoms with Gasteiger partial charge in [-0.2, -0.15) is 13.2 Å². The number of piperidine rings is 1. The molecule has 4 rings (SSSR count). The number of nitrogens with one attached hydrogen (secondary N) is 3. The Bertz CT molecular complexity index is 1390. The SMILES string of the molecule is C=C(N)CN1CCC(NNc2cccc3c2cc(C#CCNc2ccc(SC)cc2OC)n3CC(F)(F)F)CC1. The van der Waals surface area contributed by atoms with Crippen LogP contribution in [-0.4, -0.2) is 61.2 Å². The molecule has 3 aromatic rings. The van der Waals surface area contributed by atoms with E-state index in [4.69, 9.17) is 10.5 Å². The molecule has 40 heavy (non-hydrogen) atoms. The number of hydrogen-bond acceptors (Lipinski definition) is 7. The molecule has 5 N–H and O–H groups in total. The highest BCUT2D eigenvalue weighted by molar-refractivity contribution is 7.98. The lowest BCUT2D eigenvalue weighted by atomic mass is 10.1. The Hall–Kier alpha value is -3.46. The molecule has 0 atom stereocenters. The smallest absolute Gasteiger partial charge is 0.406 e. The van der Waals surface area contributed by atoms with E-state index in [-0.39, 0.29) is 12.6 Å². The number of benzene rings is 2. The van der Waals surface area contributed by atoms with Crippen molar-refractivity contribution in [2.45, 2.75) is 36.5 Å². The number of hydrazine groups is 1. The molecular formula is C29H35F3N6OS. The van der Waals surface area contributed by atoms with Gasteiger partial charge < -0.3 is 25.8 Å². The number of hydrogen-bond donors (Lipinski definition) is 4. The second kappa shape index (κ2) is 13.3. The van der Waals surface area contributed by atoms with Crippen LogP contribution in [0.2, 0.25) is 0 Å². The van der Waals surface area contributed by atoms with Crippen molar-refractivity contribution >= 4 is 34.0 Å². The van der Waals surface area contributed by atoms with E-state index in [1.165, 1.54) is 4.57 Å². The van der Waals surface area contributed by atoms with Crippen LogP contribution in [0.15, 0.2) is 59.6 Å². The fourth-order valence-electron chi connectivity index (χ4n) is 4.77. The van der Waals surface area contributed by atoms with Gasteiger partial charge in [-0.25, -0.2) is 5.43 Å². The number of fused-ring (bicyclic) bond motifs is 1. The molecule has 1 aliphatic heterocycles. The van der Waals surface area contributed by atoms with Gasteiger partial charge in [-0.3, -0.25) is 4.90 Å². The van der Waals surface area contributed by atoms with Crippen LogP contribution < -0.4 is 26.6 Å². The molecule has 0 saturated carbocycles. The van der Waals surface area contributed by atoms with Gasteiger partial charge in [-0.05, 0) is 61.4 Å². The molecule has 0 aliphatic carbocycles. The lowest BCUT2D eigenvalue weighted by Crippen LogP contribution is -2.45. The zero-order valence-corrected chi connectivity index (χ0v) is 23.5. The molecule has 214 valence electrons. The van der Waals surface area contributed by atoms with Crippen molar-refractivity contribution in [3.05, 3.63) is 60.4 Å². The molecule has 1 aromatic heterocycles. The Balaban J connectivity index is 1.50. The molecule has 11 heteroatoms. The van der Waals surface area contributed by atoms with Crippen molar-refractivity contribution in [1.82, 2.24) is 14.9 Å². The van der Waals surface area contributed by atoms with Gasteiger partial charge in [0.1, 0.15) is 12.3 Å². The van der Waals surface area contributed by atoms with E-state index in [0.29, 0.717) is 40.3 Å². The van der Waals surface area contributed by atoms with Crippen LogP contribution in [0.25, 0.3) is 10.9 Å². The average molecular weight is 573 g/mol. The number of thioether (sulfide) groups is 1.